The number of nitrogens with zero attached hydrogens (tertiary/aromatic N) is 4. The van der Waals surface area contributed by atoms with Crippen molar-refractivity contribution in [1.29, 1.82) is 0 Å². The Labute approximate surface area is 216 Å². The van der Waals surface area contributed by atoms with Gasteiger partial charge in [-0.15, -0.1) is 0 Å². The number of ether oxygens (including phenoxy) is 6. The van der Waals surface area contributed by atoms with Crippen molar-refractivity contribution < 1.29 is 47.6 Å². The lowest BCUT2D eigenvalue weighted by atomic mass is 10.1. The molecule has 37 heavy (non-hydrogen) atoms. The van der Waals surface area contributed by atoms with Crippen molar-refractivity contribution in [3.63, 3.8) is 0 Å². The second-order valence-corrected chi connectivity index (χ2v) is 9.37. The summed E-state index contributed by atoms with van der Waals surface area (Å²) in [6, 6.07) is -0.250. The normalized spacial score (nSPS) is 21.4. The Morgan fingerprint density at radius 1 is 1.03 bits per heavy atom. The third-order valence-corrected chi connectivity index (χ3v) is 4.98. The zero-order valence-electron chi connectivity index (χ0n) is 21.1. The average molecular weight is 543 g/mol. The number of halogens is 1. The van der Waals surface area contributed by atoms with E-state index in [-0.39, 0.29) is 28.9 Å². The Morgan fingerprint density at radius 3 is 2.27 bits per heavy atom. The number of rotatable bonds is 8. The lowest BCUT2D eigenvalue weighted by Gasteiger charge is -2.23. The van der Waals surface area contributed by atoms with Crippen molar-refractivity contribution in [3.05, 3.63) is 11.5 Å². The number of carbonyl (C=O) groups excluding carboxylic acids is 4. The molecule has 0 amide bonds. The summed E-state index contributed by atoms with van der Waals surface area (Å²) >= 11 is 6.26. The summed E-state index contributed by atoms with van der Waals surface area (Å²) in [6.07, 6.45) is -3.09. The Hall–Kier alpha value is -3.52. The molecule has 0 radical (unpaired) electrons. The summed E-state index contributed by atoms with van der Waals surface area (Å²) in [5.41, 5.74) is -0.450. The van der Waals surface area contributed by atoms with Gasteiger partial charge in [0, 0.05) is 20.8 Å². The van der Waals surface area contributed by atoms with Crippen LogP contribution in [0.25, 0.3) is 11.2 Å². The molecule has 2 aromatic heterocycles. The summed E-state index contributed by atoms with van der Waals surface area (Å²) in [4.78, 5) is 59.5. The first kappa shape index (κ1) is 28.1. The largest absolute Gasteiger partial charge is 0.463 e. The van der Waals surface area contributed by atoms with E-state index in [1.54, 1.807) is 20.8 Å². The lowest BCUT2D eigenvalue weighted by Crippen LogP contribution is -2.40. The number of imidazole rings is 1. The fraction of sp³-hybridized carbons (Fsp3) is 0.591. The van der Waals surface area contributed by atoms with Gasteiger partial charge in [-0.3, -0.25) is 19.0 Å². The zero-order valence-corrected chi connectivity index (χ0v) is 21.8. The van der Waals surface area contributed by atoms with E-state index in [4.69, 9.17) is 40.0 Å². The Balaban J connectivity index is 1.96. The van der Waals surface area contributed by atoms with Gasteiger partial charge in [0.1, 0.15) is 23.8 Å². The van der Waals surface area contributed by atoms with E-state index in [2.05, 4.69) is 15.0 Å². The van der Waals surface area contributed by atoms with E-state index in [9.17, 15) is 19.2 Å². The second-order valence-electron chi connectivity index (χ2n) is 9.01. The monoisotopic (exact) mass is 542 g/mol. The molecule has 15 heteroatoms. The van der Waals surface area contributed by atoms with Gasteiger partial charge in [0.05, 0.1) is 6.33 Å². The molecule has 14 nitrogen and oxygen atoms in total. The molecule has 3 rings (SSSR count). The quantitative estimate of drug-likeness (QED) is 0.268. The van der Waals surface area contributed by atoms with Gasteiger partial charge in [0.15, 0.2) is 35.8 Å². The first-order valence-corrected chi connectivity index (χ1v) is 11.5. The van der Waals surface area contributed by atoms with Crippen LogP contribution in [0.15, 0.2) is 6.33 Å². The van der Waals surface area contributed by atoms with Crippen LogP contribution < -0.4 is 4.74 Å². The van der Waals surface area contributed by atoms with Crippen molar-refractivity contribution in [2.45, 2.75) is 71.7 Å². The van der Waals surface area contributed by atoms with Gasteiger partial charge in [-0.25, -0.2) is 9.78 Å². The molecule has 1 aliphatic rings. The van der Waals surface area contributed by atoms with E-state index in [1.165, 1.54) is 31.7 Å². The average Bonchev–Trinajstić information content (AvgIpc) is 3.31. The minimum absolute atomic E-state index is 0.0852. The van der Waals surface area contributed by atoms with Crippen LogP contribution in [-0.4, -0.2) is 80.5 Å². The van der Waals surface area contributed by atoms with E-state index in [0.29, 0.717) is 0 Å². The molecule has 1 saturated heterocycles. The maximum Gasteiger partial charge on any atom is 0.344 e. The number of aromatic nitrogens is 4. The van der Waals surface area contributed by atoms with Crippen molar-refractivity contribution >= 4 is 46.6 Å². The Bertz CT molecular complexity index is 1190. The predicted molar refractivity (Wildman–Crippen MR) is 123 cm³/mol. The molecular formula is C22H27ClN4O10. The van der Waals surface area contributed by atoms with E-state index < -0.39 is 60.6 Å². The Morgan fingerprint density at radius 2 is 1.68 bits per heavy atom. The molecule has 2 aromatic rings. The van der Waals surface area contributed by atoms with Crippen LogP contribution in [0.1, 0.15) is 47.8 Å². The molecule has 0 aliphatic carbocycles. The molecule has 0 aromatic carbocycles. The fourth-order valence-electron chi connectivity index (χ4n) is 3.53. The standard InChI is InChI=1S/C22H27ClN4O10/c1-10(28)32-7-13-16(34-11(2)29)17(35-12(3)30)20(36-13)27-9-24-15-18(23)25-21(26-19(15)27)33-8-14(31)37-22(4,5)6/h9,13,16-17,20H,7-8H2,1-6H3. The van der Waals surface area contributed by atoms with Crippen LogP contribution in [-0.2, 0) is 42.9 Å². The van der Waals surface area contributed by atoms with E-state index >= 15 is 0 Å². The molecule has 1 aliphatic heterocycles. The lowest BCUT2D eigenvalue weighted by molar-refractivity contribution is -0.166. The molecule has 0 saturated carbocycles. The van der Waals surface area contributed by atoms with E-state index in [1.807, 2.05) is 0 Å². The van der Waals surface area contributed by atoms with Crippen molar-refractivity contribution in [3.8, 4) is 6.01 Å². The van der Waals surface area contributed by atoms with Gasteiger partial charge in [0.25, 0.3) is 0 Å². The topological polar surface area (TPSA) is 167 Å². The van der Waals surface area contributed by atoms with Crippen LogP contribution >= 0.6 is 11.6 Å². The highest BCUT2D eigenvalue weighted by Crippen LogP contribution is 2.36. The molecule has 4 unspecified atom stereocenters. The molecule has 0 bridgehead atoms. The van der Waals surface area contributed by atoms with Crippen LogP contribution in [0.2, 0.25) is 5.15 Å². The summed E-state index contributed by atoms with van der Waals surface area (Å²) in [6.45, 7) is 7.92. The van der Waals surface area contributed by atoms with Gasteiger partial charge in [-0.1, -0.05) is 11.6 Å². The number of fused-ring (bicyclic) bond motifs is 1. The second kappa shape index (κ2) is 11.3. The summed E-state index contributed by atoms with van der Waals surface area (Å²) in [7, 11) is 0. The molecular weight excluding hydrogens is 516 g/mol. The third-order valence-electron chi connectivity index (χ3n) is 4.71. The van der Waals surface area contributed by atoms with Gasteiger partial charge in [0.2, 0.25) is 0 Å². The summed E-state index contributed by atoms with van der Waals surface area (Å²) in [5, 5.41) is -0.0852. The first-order chi connectivity index (χ1) is 17.2. The molecule has 0 spiro atoms. The van der Waals surface area contributed by atoms with Gasteiger partial charge < -0.3 is 28.4 Å². The Kier molecular flexibility index (Phi) is 8.53. The zero-order chi connectivity index (χ0) is 27.5. The highest BCUT2D eigenvalue weighted by molar-refractivity contribution is 6.33. The van der Waals surface area contributed by atoms with Crippen LogP contribution in [0, 0.1) is 0 Å². The predicted octanol–water partition coefficient (Wildman–Crippen LogP) is 1.52. The molecule has 0 N–H and O–H groups in total. The minimum Gasteiger partial charge on any atom is -0.463 e. The number of esters is 4. The van der Waals surface area contributed by atoms with Crippen molar-refractivity contribution in [1.82, 2.24) is 19.5 Å². The van der Waals surface area contributed by atoms with Gasteiger partial charge in [-0.05, 0) is 20.8 Å². The van der Waals surface area contributed by atoms with Gasteiger partial charge in [-0.2, -0.15) is 9.97 Å². The molecule has 1 fully saturated rings. The smallest absolute Gasteiger partial charge is 0.344 e. The first-order valence-electron chi connectivity index (χ1n) is 11.1. The van der Waals surface area contributed by atoms with Crippen molar-refractivity contribution in [2.75, 3.05) is 13.2 Å². The maximum atomic E-state index is 12.0. The van der Waals surface area contributed by atoms with Crippen LogP contribution in [0.3, 0.4) is 0 Å². The highest BCUT2D eigenvalue weighted by atomic mass is 35.5. The number of carbonyl (C=O) groups is 4. The fourth-order valence-corrected chi connectivity index (χ4v) is 3.73. The molecule has 4 atom stereocenters. The van der Waals surface area contributed by atoms with E-state index in [0.717, 1.165) is 0 Å². The minimum atomic E-state index is -1.17. The third kappa shape index (κ3) is 7.26. The molecule has 3 heterocycles. The van der Waals surface area contributed by atoms with Crippen molar-refractivity contribution in [2.24, 2.45) is 0 Å². The summed E-state index contributed by atoms with van der Waals surface area (Å²) < 4.78 is 33.8. The summed E-state index contributed by atoms with van der Waals surface area (Å²) in [5.74, 6) is -2.58. The highest BCUT2D eigenvalue weighted by Gasteiger charge is 2.51. The van der Waals surface area contributed by atoms with Crippen LogP contribution in [0.5, 0.6) is 6.01 Å². The van der Waals surface area contributed by atoms with Crippen LogP contribution in [0.4, 0.5) is 0 Å². The number of hydrogen-bond donors (Lipinski definition) is 0. The SMILES string of the molecule is CC(=O)OCC1OC(n2cnc3c(Cl)nc(OCC(=O)OC(C)(C)C)nc32)C(OC(C)=O)C1OC(C)=O. The van der Waals surface area contributed by atoms with Gasteiger partial charge >= 0.3 is 29.9 Å². The maximum absolute atomic E-state index is 12.0. The molecule has 202 valence electrons. The number of hydrogen-bond acceptors (Lipinski definition) is 13.